The third kappa shape index (κ3) is 4.75. The van der Waals surface area contributed by atoms with E-state index in [1.807, 2.05) is 60.7 Å². The molecule has 0 unspecified atom stereocenters. The molecule has 4 heteroatoms. The summed E-state index contributed by atoms with van der Waals surface area (Å²) in [6, 6.07) is 56.2. The number of nitrogens with zero attached hydrogens (tertiary/aromatic N) is 3. The second kappa shape index (κ2) is 11.2. The Morgan fingerprint density at radius 1 is 0.298 bits per heavy atom. The number of ether oxygens (including phenoxy) is 1. The summed E-state index contributed by atoms with van der Waals surface area (Å²) in [5, 5.41) is 2.21. The van der Waals surface area contributed by atoms with E-state index in [1.165, 1.54) is 5.56 Å². The highest BCUT2D eigenvalue weighted by atomic mass is 16.5. The number of hydrogen-bond acceptors (Lipinski definition) is 4. The first-order valence-electron chi connectivity index (χ1n) is 15.7. The standard InChI is InChI=1S/C43H27N3O/c1-3-12-28(13-4-1)29-22-24-31(25-23-29)42-44-41(30-14-5-2-6-15-30)45-43(46-42)37-27-26-36-33-17-8-10-21-39(33)47-38-20-9-7-16-32(38)34-18-11-19-35(37)40(34)36/h1-27H. The number of fused-ring (bicyclic) bond motifs is 4. The first-order chi connectivity index (χ1) is 23.3. The van der Waals surface area contributed by atoms with Crippen LogP contribution in [0.1, 0.15) is 0 Å². The second-order valence-electron chi connectivity index (χ2n) is 11.6. The fraction of sp³-hybridized carbons (Fsp3) is 0. The first kappa shape index (κ1) is 27.0. The Hall–Kier alpha value is -6.39. The van der Waals surface area contributed by atoms with Crippen LogP contribution in [-0.4, -0.2) is 15.0 Å². The van der Waals surface area contributed by atoms with Gasteiger partial charge in [0.05, 0.1) is 0 Å². The van der Waals surface area contributed by atoms with E-state index >= 15 is 0 Å². The predicted octanol–water partition coefficient (Wildman–Crippen LogP) is 11.1. The predicted molar refractivity (Wildman–Crippen MR) is 190 cm³/mol. The molecular weight excluding hydrogens is 574 g/mol. The summed E-state index contributed by atoms with van der Waals surface area (Å²) in [5.41, 5.74) is 9.45. The molecule has 220 valence electrons. The molecule has 0 fully saturated rings. The minimum Gasteiger partial charge on any atom is -0.456 e. The molecule has 1 aromatic heterocycles. The van der Waals surface area contributed by atoms with E-state index in [-0.39, 0.29) is 0 Å². The molecule has 0 amide bonds. The molecule has 1 aliphatic rings. The number of para-hydroxylation sites is 2. The van der Waals surface area contributed by atoms with Gasteiger partial charge in [0.1, 0.15) is 11.5 Å². The molecule has 0 N–H and O–H groups in total. The third-order valence-electron chi connectivity index (χ3n) is 8.77. The molecule has 47 heavy (non-hydrogen) atoms. The Bertz CT molecular complexity index is 2370. The topological polar surface area (TPSA) is 47.9 Å². The van der Waals surface area contributed by atoms with Crippen LogP contribution in [0.4, 0.5) is 0 Å². The number of aromatic nitrogens is 3. The molecule has 0 bridgehead atoms. The summed E-state index contributed by atoms with van der Waals surface area (Å²) < 4.78 is 6.52. The average Bonchev–Trinajstić information content (AvgIpc) is 3.15. The van der Waals surface area contributed by atoms with E-state index in [0.717, 1.165) is 66.8 Å². The minimum absolute atomic E-state index is 0.629. The smallest absolute Gasteiger partial charge is 0.164 e. The maximum atomic E-state index is 6.52. The molecule has 0 atom stereocenters. The molecule has 0 saturated heterocycles. The third-order valence-corrected chi connectivity index (χ3v) is 8.77. The summed E-state index contributed by atoms with van der Waals surface area (Å²) in [4.78, 5) is 15.2. The summed E-state index contributed by atoms with van der Waals surface area (Å²) in [6.07, 6.45) is 0. The van der Waals surface area contributed by atoms with Gasteiger partial charge < -0.3 is 4.74 Å². The highest BCUT2D eigenvalue weighted by Gasteiger charge is 2.23. The van der Waals surface area contributed by atoms with Gasteiger partial charge in [0.2, 0.25) is 0 Å². The molecule has 0 spiro atoms. The second-order valence-corrected chi connectivity index (χ2v) is 11.6. The molecular formula is C43H27N3O. The van der Waals surface area contributed by atoms with Crippen LogP contribution in [0.3, 0.4) is 0 Å². The van der Waals surface area contributed by atoms with Crippen molar-refractivity contribution in [1.82, 2.24) is 15.0 Å². The maximum absolute atomic E-state index is 6.52. The van der Waals surface area contributed by atoms with Gasteiger partial charge in [-0.3, -0.25) is 0 Å². The first-order valence-corrected chi connectivity index (χ1v) is 15.7. The van der Waals surface area contributed by atoms with E-state index in [9.17, 15) is 0 Å². The lowest BCUT2D eigenvalue weighted by molar-refractivity contribution is 0.486. The zero-order valence-electron chi connectivity index (χ0n) is 25.3. The van der Waals surface area contributed by atoms with E-state index in [0.29, 0.717) is 17.5 Å². The monoisotopic (exact) mass is 601 g/mol. The SMILES string of the molecule is c1ccc(-c2ccc(-c3nc(-c4ccccc4)nc(-c4ccc5c6c(cccc46)-c4ccccc4Oc4ccccc4-5)n3)cc2)cc1. The van der Waals surface area contributed by atoms with Gasteiger partial charge in [-0.25, -0.2) is 15.0 Å². The highest BCUT2D eigenvalue weighted by Crippen LogP contribution is 2.48. The van der Waals surface area contributed by atoms with E-state index in [4.69, 9.17) is 19.7 Å². The van der Waals surface area contributed by atoms with Crippen molar-refractivity contribution >= 4 is 10.8 Å². The molecule has 7 aromatic carbocycles. The van der Waals surface area contributed by atoms with E-state index in [1.54, 1.807) is 0 Å². The Morgan fingerprint density at radius 3 is 1.40 bits per heavy atom. The fourth-order valence-electron chi connectivity index (χ4n) is 6.51. The van der Waals surface area contributed by atoms with Crippen LogP contribution in [0.25, 0.3) is 78.3 Å². The van der Waals surface area contributed by atoms with Crippen molar-refractivity contribution in [3.63, 3.8) is 0 Å². The van der Waals surface area contributed by atoms with Crippen LogP contribution in [-0.2, 0) is 0 Å². The van der Waals surface area contributed by atoms with Crippen LogP contribution in [0, 0.1) is 0 Å². The van der Waals surface area contributed by atoms with Crippen molar-refractivity contribution in [3.05, 3.63) is 164 Å². The van der Waals surface area contributed by atoms with Crippen molar-refractivity contribution in [2.24, 2.45) is 0 Å². The van der Waals surface area contributed by atoms with Gasteiger partial charge in [-0.15, -0.1) is 0 Å². The largest absolute Gasteiger partial charge is 0.456 e. The Balaban J connectivity index is 1.28. The van der Waals surface area contributed by atoms with Crippen LogP contribution < -0.4 is 4.74 Å². The molecule has 4 nitrogen and oxygen atoms in total. The summed E-state index contributed by atoms with van der Waals surface area (Å²) in [7, 11) is 0. The Labute approximate surface area is 272 Å². The fourth-order valence-corrected chi connectivity index (χ4v) is 6.51. The van der Waals surface area contributed by atoms with Gasteiger partial charge in [-0.2, -0.15) is 0 Å². The Kier molecular flexibility index (Phi) is 6.43. The molecule has 0 saturated carbocycles. The van der Waals surface area contributed by atoms with E-state index < -0.39 is 0 Å². The molecule has 1 aliphatic heterocycles. The van der Waals surface area contributed by atoms with Crippen LogP contribution in [0.2, 0.25) is 0 Å². The molecule has 9 rings (SSSR count). The van der Waals surface area contributed by atoms with E-state index in [2.05, 4.69) is 103 Å². The maximum Gasteiger partial charge on any atom is 0.164 e. The van der Waals surface area contributed by atoms with Crippen LogP contribution in [0.5, 0.6) is 11.5 Å². The van der Waals surface area contributed by atoms with Crippen molar-refractivity contribution in [2.45, 2.75) is 0 Å². The van der Waals surface area contributed by atoms with Crippen molar-refractivity contribution in [2.75, 3.05) is 0 Å². The van der Waals surface area contributed by atoms with Crippen LogP contribution in [0.15, 0.2) is 164 Å². The van der Waals surface area contributed by atoms with Crippen LogP contribution >= 0.6 is 0 Å². The number of rotatable bonds is 4. The number of hydrogen-bond donors (Lipinski definition) is 0. The average molecular weight is 602 g/mol. The van der Waals surface area contributed by atoms with Gasteiger partial charge in [0.25, 0.3) is 0 Å². The van der Waals surface area contributed by atoms with Crippen molar-refractivity contribution in [3.8, 4) is 79.0 Å². The summed E-state index contributed by atoms with van der Waals surface area (Å²) in [6.45, 7) is 0. The number of benzene rings is 7. The van der Waals surface area contributed by atoms with Gasteiger partial charge in [0.15, 0.2) is 17.5 Å². The van der Waals surface area contributed by atoms with Crippen molar-refractivity contribution < 1.29 is 4.74 Å². The van der Waals surface area contributed by atoms with Gasteiger partial charge in [-0.1, -0.05) is 146 Å². The molecule has 0 radical (unpaired) electrons. The normalized spacial score (nSPS) is 11.6. The Morgan fingerprint density at radius 2 is 0.745 bits per heavy atom. The zero-order chi connectivity index (χ0) is 31.2. The lowest BCUT2D eigenvalue weighted by Crippen LogP contribution is -2.01. The van der Waals surface area contributed by atoms with Gasteiger partial charge >= 0.3 is 0 Å². The minimum atomic E-state index is 0.629. The zero-order valence-corrected chi connectivity index (χ0v) is 25.3. The lowest BCUT2D eigenvalue weighted by Gasteiger charge is -2.22. The van der Waals surface area contributed by atoms with Crippen molar-refractivity contribution in [1.29, 1.82) is 0 Å². The quantitative estimate of drug-likeness (QED) is 0.201. The van der Waals surface area contributed by atoms with Gasteiger partial charge in [-0.05, 0) is 51.2 Å². The summed E-state index contributed by atoms with van der Waals surface area (Å²) >= 11 is 0. The molecule has 2 heterocycles. The molecule has 8 aromatic rings. The highest BCUT2D eigenvalue weighted by molar-refractivity contribution is 6.13. The molecule has 0 aliphatic carbocycles. The lowest BCUT2D eigenvalue weighted by atomic mass is 9.87. The summed E-state index contributed by atoms with van der Waals surface area (Å²) in [5.74, 6) is 3.56. The van der Waals surface area contributed by atoms with Gasteiger partial charge in [0, 0.05) is 27.8 Å².